The molecule has 6 nitrogen and oxygen atoms in total. The van der Waals surface area contributed by atoms with Gasteiger partial charge in [-0.2, -0.15) is 9.29 Å². The molecule has 3 heterocycles. The Labute approximate surface area is 167 Å². The standard InChI is InChI=1S/C19H20FN3O3S2/c1-2-16-8-3-4-9-23(16)28(24,25)17-11-14(12-27-17)19-21-18(22-26-19)13-6-5-7-15(20)10-13/h5-7,10-12,16H,2-4,8-9H2,1H3. The number of halogens is 1. The number of aromatic nitrogens is 2. The zero-order valence-corrected chi connectivity index (χ0v) is 17.0. The van der Waals surface area contributed by atoms with Crippen LogP contribution in [0.3, 0.4) is 0 Å². The van der Waals surface area contributed by atoms with Gasteiger partial charge in [0.25, 0.3) is 15.9 Å². The summed E-state index contributed by atoms with van der Waals surface area (Å²) in [5.74, 6) is 0.0783. The van der Waals surface area contributed by atoms with Crippen LogP contribution in [0.2, 0.25) is 0 Å². The second kappa shape index (κ2) is 7.73. The minimum Gasteiger partial charge on any atom is -0.334 e. The molecular weight excluding hydrogens is 401 g/mol. The number of hydrogen-bond acceptors (Lipinski definition) is 6. The third kappa shape index (κ3) is 3.61. The van der Waals surface area contributed by atoms with E-state index in [4.69, 9.17) is 4.52 Å². The smallest absolute Gasteiger partial charge is 0.259 e. The lowest BCUT2D eigenvalue weighted by Crippen LogP contribution is -2.42. The molecule has 2 aromatic heterocycles. The number of rotatable bonds is 5. The van der Waals surface area contributed by atoms with Gasteiger partial charge in [0.05, 0.1) is 5.56 Å². The van der Waals surface area contributed by atoms with E-state index < -0.39 is 10.0 Å². The first-order valence-electron chi connectivity index (χ1n) is 9.19. The van der Waals surface area contributed by atoms with Crippen molar-refractivity contribution < 1.29 is 17.3 Å². The van der Waals surface area contributed by atoms with E-state index in [1.807, 2.05) is 6.92 Å². The molecule has 1 aromatic carbocycles. The van der Waals surface area contributed by atoms with Crippen LogP contribution >= 0.6 is 11.3 Å². The molecule has 0 aliphatic carbocycles. The van der Waals surface area contributed by atoms with Crippen molar-refractivity contribution in [2.45, 2.75) is 42.9 Å². The number of piperidine rings is 1. The van der Waals surface area contributed by atoms with E-state index in [2.05, 4.69) is 10.1 Å². The maximum absolute atomic E-state index is 13.4. The van der Waals surface area contributed by atoms with Crippen molar-refractivity contribution in [2.24, 2.45) is 0 Å². The van der Waals surface area contributed by atoms with Gasteiger partial charge in [-0.1, -0.05) is 30.6 Å². The normalized spacial score (nSPS) is 18.4. The molecule has 3 aromatic rings. The summed E-state index contributed by atoms with van der Waals surface area (Å²) in [4.78, 5) is 4.28. The number of hydrogen-bond donors (Lipinski definition) is 0. The summed E-state index contributed by atoms with van der Waals surface area (Å²) in [6.45, 7) is 2.57. The van der Waals surface area contributed by atoms with Crippen LogP contribution in [-0.4, -0.2) is 35.5 Å². The first-order valence-corrected chi connectivity index (χ1v) is 11.5. The van der Waals surface area contributed by atoms with Crippen molar-refractivity contribution in [3.8, 4) is 22.8 Å². The lowest BCUT2D eigenvalue weighted by Gasteiger charge is -2.33. The van der Waals surface area contributed by atoms with E-state index in [1.165, 1.54) is 12.1 Å². The maximum atomic E-state index is 13.4. The van der Waals surface area contributed by atoms with Crippen LogP contribution in [0.5, 0.6) is 0 Å². The third-order valence-corrected chi connectivity index (χ3v) is 8.31. The quantitative estimate of drug-likeness (QED) is 0.604. The summed E-state index contributed by atoms with van der Waals surface area (Å²) >= 11 is 1.15. The molecule has 148 valence electrons. The van der Waals surface area contributed by atoms with E-state index in [9.17, 15) is 12.8 Å². The van der Waals surface area contributed by atoms with Gasteiger partial charge in [0.15, 0.2) is 0 Å². The fourth-order valence-electron chi connectivity index (χ4n) is 3.46. The summed E-state index contributed by atoms with van der Waals surface area (Å²) in [6.07, 6.45) is 3.65. The van der Waals surface area contributed by atoms with Gasteiger partial charge >= 0.3 is 0 Å². The van der Waals surface area contributed by atoms with Crippen molar-refractivity contribution in [3.63, 3.8) is 0 Å². The molecule has 1 aliphatic heterocycles. The minimum atomic E-state index is -3.55. The predicted molar refractivity (Wildman–Crippen MR) is 105 cm³/mol. The fourth-order valence-corrected chi connectivity index (χ4v) is 6.51. The molecule has 1 unspecified atom stereocenters. The number of benzene rings is 1. The zero-order valence-electron chi connectivity index (χ0n) is 15.3. The van der Waals surface area contributed by atoms with Gasteiger partial charge in [-0.05, 0) is 37.5 Å². The molecule has 28 heavy (non-hydrogen) atoms. The molecular formula is C19H20FN3O3S2. The summed E-state index contributed by atoms with van der Waals surface area (Å²) in [5, 5.41) is 5.58. The van der Waals surface area contributed by atoms with Gasteiger partial charge in [0.1, 0.15) is 10.0 Å². The Morgan fingerprint density at radius 1 is 1.29 bits per heavy atom. The Bertz CT molecular complexity index is 1080. The zero-order chi connectivity index (χ0) is 19.7. The van der Waals surface area contributed by atoms with Crippen molar-refractivity contribution in [2.75, 3.05) is 6.54 Å². The molecule has 0 saturated carbocycles. The average molecular weight is 422 g/mol. The van der Waals surface area contributed by atoms with E-state index in [0.29, 0.717) is 17.7 Å². The van der Waals surface area contributed by atoms with E-state index in [0.717, 1.165) is 37.0 Å². The van der Waals surface area contributed by atoms with Crippen LogP contribution in [0.1, 0.15) is 32.6 Å². The van der Waals surface area contributed by atoms with Crippen LogP contribution in [-0.2, 0) is 10.0 Å². The second-order valence-electron chi connectivity index (χ2n) is 6.76. The monoisotopic (exact) mass is 421 g/mol. The molecule has 1 saturated heterocycles. The molecule has 0 spiro atoms. The van der Waals surface area contributed by atoms with Crippen LogP contribution in [0, 0.1) is 5.82 Å². The number of sulfonamides is 1. The highest BCUT2D eigenvalue weighted by atomic mass is 32.2. The summed E-state index contributed by atoms with van der Waals surface area (Å²) in [5.41, 5.74) is 1.04. The molecule has 1 fully saturated rings. The molecule has 0 amide bonds. The molecule has 0 bridgehead atoms. The molecule has 1 atom stereocenters. The SMILES string of the molecule is CCC1CCCCN1S(=O)(=O)c1cc(-c2nc(-c3cccc(F)c3)no2)cs1. The molecule has 0 radical (unpaired) electrons. The van der Waals surface area contributed by atoms with Gasteiger partial charge < -0.3 is 4.52 Å². The minimum absolute atomic E-state index is 0.0484. The van der Waals surface area contributed by atoms with E-state index >= 15 is 0 Å². The summed E-state index contributed by atoms with van der Waals surface area (Å²) in [6, 6.07) is 7.53. The summed E-state index contributed by atoms with van der Waals surface area (Å²) < 4.78 is 46.8. The van der Waals surface area contributed by atoms with Crippen molar-refractivity contribution in [3.05, 3.63) is 41.5 Å². The van der Waals surface area contributed by atoms with Gasteiger partial charge in [0.2, 0.25) is 5.82 Å². The lowest BCUT2D eigenvalue weighted by molar-refractivity contribution is 0.247. The third-order valence-electron chi connectivity index (χ3n) is 4.94. The van der Waals surface area contributed by atoms with E-state index in [-0.39, 0.29) is 27.8 Å². The Balaban J connectivity index is 1.61. The van der Waals surface area contributed by atoms with Crippen molar-refractivity contribution in [1.82, 2.24) is 14.4 Å². The molecule has 0 N–H and O–H groups in total. The van der Waals surface area contributed by atoms with Crippen LogP contribution < -0.4 is 0 Å². The molecule has 9 heteroatoms. The van der Waals surface area contributed by atoms with Crippen LogP contribution in [0.25, 0.3) is 22.8 Å². The van der Waals surface area contributed by atoms with Crippen molar-refractivity contribution >= 4 is 21.4 Å². The largest absolute Gasteiger partial charge is 0.334 e. The van der Waals surface area contributed by atoms with Gasteiger partial charge in [0, 0.05) is 23.5 Å². The molecule has 1 aliphatic rings. The highest BCUT2D eigenvalue weighted by Crippen LogP contribution is 2.33. The van der Waals surface area contributed by atoms with Crippen LogP contribution in [0.15, 0.2) is 44.4 Å². The van der Waals surface area contributed by atoms with Gasteiger partial charge in [-0.15, -0.1) is 11.3 Å². The predicted octanol–water partition coefficient (Wildman–Crippen LogP) is 4.56. The Morgan fingerprint density at radius 3 is 2.93 bits per heavy atom. The maximum Gasteiger partial charge on any atom is 0.259 e. The summed E-state index contributed by atoms with van der Waals surface area (Å²) in [7, 11) is -3.55. The van der Waals surface area contributed by atoms with E-state index in [1.54, 1.807) is 27.9 Å². The van der Waals surface area contributed by atoms with Crippen molar-refractivity contribution in [1.29, 1.82) is 0 Å². The highest BCUT2D eigenvalue weighted by Gasteiger charge is 2.33. The van der Waals surface area contributed by atoms with Crippen LogP contribution in [0.4, 0.5) is 4.39 Å². The Morgan fingerprint density at radius 2 is 2.14 bits per heavy atom. The fraction of sp³-hybridized carbons (Fsp3) is 0.368. The second-order valence-corrected chi connectivity index (χ2v) is 9.79. The average Bonchev–Trinajstić information content (AvgIpc) is 3.38. The number of nitrogens with zero attached hydrogens (tertiary/aromatic N) is 3. The highest BCUT2D eigenvalue weighted by molar-refractivity contribution is 7.91. The number of thiophene rings is 1. The topological polar surface area (TPSA) is 76.3 Å². The Kier molecular flexibility index (Phi) is 5.31. The van der Waals surface area contributed by atoms with Gasteiger partial charge in [-0.25, -0.2) is 12.8 Å². The molecule has 4 rings (SSSR count). The van der Waals surface area contributed by atoms with Gasteiger partial charge in [-0.3, -0.25) is 0 Å². The first-order chi connectivity index (χ1) is 13.5. The Hall–Kier alpha value is -2.10. The lowest BCUT2D eigenvalue weighted by atomic mass is 10.0. The first kappa shape index (κ1) is 19.2.